The molecule has 3 aliphatic carbocycles. The molecule has 7 rings (SSSR count). The Labute approximate surface area is 357 Å². The van der Waals surface area contributed by atoms with Crippen molar-refractivity contribution in [1.82, 2.24) is 10.3 Å². The molecule has 1 saturated heterocycles. The van der Waals surface area contributed by atoms with E-state index in [-0.39, 0.29) is 35.4 Å². The van der Waals surface area contributed by atoms with E-state index in [0.717, 1.165) is 13.8 Å². The number of amides is 1. The Morgan fingerprint density at radius 3 is 2.11 bits per heavy atom. The molecule has 1 aromatic heterocycles. The minimum absolute atomic E-state index is 0.0185. The van der Waals surface area contributed by atoms with Crippen LogP contribution in [0.4, 0.5) is 0 Å². The highest BCUT2D eigenvalue weighted by atomic mass is 16.6. The highest BCUT2D eigenvalue weighted by Gasteiger charge is 2.78. The van der Waals surface area contributed by atoms with Crippen LogP contribution in [0.5, 0.6) is 0 Å². The summed E-state index contributed by atoms with van der Waals surface area (Å²) in [6, 6.07) is 19.5. The summed E-state index contributed by atoms with van der Waals surface area (Å²) in [5, 5.41) is 40.2. The molecular weight excluding hydrogens is 805 g/mol. The zero-order valence-electron chi connectivity index (χ0n) is 35.1. The summed E-state index contributed by atoms with van der Waals surface area (Å²) in [5.74, 6) is -7.03. The van der Waals surface area contributed by atoms with Gasteiger partial charge in [0.15, 0.2) is 23.6 Å². The highest BCUT2D eigenvalue weighted by molar-refractivity contribution is 5.96. The molecule has 62 heavy (non-hydrogen) atoms. The molecule has 4 aliphatic rings. The second kappa shape index (κ2) is 16.5. The topological polar surface area (TPSA) is 234 Å². The first-order valence-electron chi connectivity index (χ1n) is 20.3. The van der Waals surface area contributed by atoms with Crippen molar-refractivity contribution in [2.75, 3.05) is 6.61 Å². The van der Waals surface area contributed by atoms with Gasteiger partial charge in [0.1, 0.15) is 29.6 Å². The molecule has 1 aliphatic heterocycles. The van der Waals surface area contributed by atoms with Crippen LogP contribution >= 0.6 is 0 Å². The molecule has 16 nitrogen and oxygen atoms in total. The van der Waals surface area contributed by atoms with E-state index >= 15 is 4.79 Å². The zero-order chi connectivity index (χ0) is 44.9. The first-order chi connectivity index (χ1) is 29.3. The minimum atomic E-state index is -2.42. The standard InChI is InChI=1S/C46H50N2O14/c1-24-30(60-42(56)35(52)34(27-15-9-7-10-16-27)48-40(54)28-17-11-8-12-18-28)22-46(57)39(61-41(55)29-19-13-14-20-47-29)37-44(6,31(51)21-32-45(37,23-58-32)62-26(3)50)38(53)36(59-25(2)49)33(24)43(46,4)5/h7-20,30-32,34-37,39,51-52,57H,21-23H2,1-6H3,(H,48,54)/t30-,31-,32+,34-,35+,36+,37-,39-,44+,45-,46+/m0/s1. The van der Waals surface area contributed by atoms with Crippen LogP contribution in [0.2, 0.25) is 0 Å². The third-order valence-electron chi connectivity index (χ3n) is 13.3. The van der Waals surface area contributed by atoms with Crippen LogP contribution < -0.4 is 5.32 Å². The fourth-order valence-corrected chi connectivity index (χ4v) is 10.1. The van der Waals surface area contributed by atoms with Gasteiger partial charge in [-0.1, -0.05) is 68.4 Å². The number of hydrogen-bond donors (Lipinski definition) is 4. The number of pyridine rings is 1. The van der Waals surface area contributed by atoms with Gasteiger partial charge in [-0.25, -0.2) is 14.6 Å². The molecule has 3 fully saturated rings. The number of ketones is 1. The number of ether oxygens (including phenoxy) is 5. The Bertz CT molecular complexity index is 2290. The number of aliphatic hydroxyl groups excluding tert-OH is 2. The van der Waals surface area contributed by atoms with Gasteiger partial charge in [-0.2, -0.15) is 0 Å². The predicted molar refractivity (Wildman–Crippen MR) is 215 cm³/mol. The van der Waals surface area contributed by atoms with Crippen LogP contribution in [0.25, 0.3) is 0 Å². The van der Waals surface area contributed by atoms with Gasteiger partial charge in [-0.05, 0) is 54.8 Å². The van der Waals surface area contributed by atoms with Gasteiger partial charge in [0, 0.05) is 43.9 Å². The van der Waals surface area contributed by atoms with Crippen molar-refractivity contribution in [2.24, 2.45) is 16.7 Å². The zero-order valence-corrected chi connectivity index (χ0v) is 35.1. The number of benzene rings is 2. The maximum absolute atomic E-state index is 15.5. The van der Waals surface area contributed by atoms with Crippen molar-refractivity contribution in [3.8, 4) is 0 Å². The molecule has 3 aromatic rings. The van der Waals surface area contributed by atoms with E-state index in [9.17, 15) is 39.3 Å². The maximum atomic E-state index is 15.5. The van der Waals surface area contributed by atoms with Gasteiger partial charge in [0.25, 0.3) is 5.91 Å². The normalized spacial score (nSPS) is 31.9. The lowest BCUT2D eigenvalue weighted by molar-refractivity contribution is -0.346. The molecular formula is C46H50N2O14. The smallest absolute Gasteiger partial charge is 0.357 e. The number of hydrogen-bond acceptors (Lipinski definition) is 15. The molecule has 0 spiro atoms. The van der Waals surface area contributed by atoms with Crippen LogP contribution in [0.3, 0.4) is 0 Å². The van der Waals surface area contributed by atoms with Crippen molar-refractivity contribution in [3.05, 3.63) is 113 Å². The van der Waals surface area contributed by atoms with E-state index < -0.39 is 113 Å². The molecule has 328 valence electrons. The molecule has 11 atom stereocenters. The van der Waals surface area contributed by atoms with Gasteiger partial charge in [-0.3, -0.25) is 19.2 Å². The highest BCUT2D eigenvalue weighted by Crippen LogP contribution is 2.64. The summed E-state index contributed by atoms with van der Waals surface area (Å²) >= 11 is 0. The number of aliphatic hydroxyl groups is 3. The Morgan fingerprint density at radius 1 is 0.887 bits per heavy atom. The summed E-state index contributed by atoms with van der Waals surface area (Å²) in [6.45, 7) is 7.88. The van der Waals surface area contributed by atoms with Crippen LogP contribution in [0, 0.1) is 16.7 Å². The number of nitrogens with one attached hydrogen (secondary N) is 1. The van der Waals surface area contributed by atoms with Gasteiger partial charge in [0.2, 0.25) is 0 Å². The number of Topliss-reactive ketones (excluding diaryl/α,β-unsaturated/α-hetero) is 1. The first-order valence-corrected chi connectivity index (χ1v) is 20.3. The second-order valence-electron chi connectivity index (χ2n) is 17.2. The maximum Gasteiger partial charge on any atom is 0.357 e. The third kappa shape index (κ3) is 7.27. The Morgan fingerprint density at radius 2 is 1.53 bits per heavy atom. The van der Waals surface area contributed by atoms with Crippen LogP contribution in [0.15, 0.2) is 96.2 Å². The molecule has 16 heteroatoms. The molecule has 0 unspecified atom stereocenters. The number of carbonyl (C=O) groups is 6. The van der Waals surface area contributed by atoms with E-state index in [4.69, 9.17) is 23.7 Å². The number of aromatic nitrogens is 1. The molecule has 2 aromatic carbocycles. The fraction of sp³-hybridized carbons (Fsp3) is 0.457. The third-order valence-corrected chi connectivity index (χ3v) is 13.3. The predicted octanol–water partition coefficient (Wildman–Crippen LogP) is 3.13. The molecule has 0 radical (unpaired) electrons. The van der Waals surface area contributed by atoms with Gasteiger partial charge < -0.3 is 44.3 Å². The molecule has 1 amide bonds. The van der Waals surface area contributed by atoms with E-state index in [0.29, 0.717) is 5.56 Å². The lowest BCUT2D eigenvalue weighted by Gasteiger charge is -2.67. The average molecular weight is 855 g/mol. The summed E-state index contributed by atoms with van der Waals surface area (Å²) in [4.78, 5) is 87.5. The average Bonchev–Trinajstić information content (AvgIpc) is 3.24. The minimum Gasteiger partial charge on any atom is -0.456 e. The van der Waals surface area contributed by atoms with E-state index in [1.807, 2.05) is 0 Å². The molecule has 4 N–H and O–H groups in total. The molecule has 2 saturated carbocycles. The number of nitrogens with zero attached hydrogens (tertiary/aromatic N) is 1. The van der Waals surface area contributed by atoms with Crippen molar-refractivity contribution < 1.29 is 67.8 Å². The number of carbonyl (C=O) groups excluding carboxylic acids is 6. The summed E-state index contributed by atoms with van der Waals surface area (Å²) in [6.07, 6.45) is -9.30. The molecule has 2 heterocycles. The van der Waals surface area contributed by atoms with Gasteiger partial charge in [0.05, 0.1) is 30.1 Å². The monoisotopic (exact) mass is 854 g/mol. The van der Waals surface area contributed by atoms with E-state index in [1.165, 1.54) is 32.2 Å². The largest absolute Gasteiger partial charge is 0.456 e. The van der Waals surface area contributed by atoms with Crippen LogP contribution in [-0.2, 0) is 42.9 Å². The number of fused-ring (bicyclic) bond motifs is 5. The Balaban J connectivity index is 1.39. The van der Waals surface area contributed by atoms with Crippen LogP contribution in [0.1, 0.15) is 86.8 Å². The fourth-order valence-electron chi connectivity index (χ4n) is 10.1. The summed E-state index contributed by atoms with van der Waals surface area (Å²) < 4.78 is 30.2. The summed E-state index contributed by atoms with van der Waals surface area (Å²) in [7, 11) is 0. The Hall–Kier alpha value is -5.81. The lowest BCUT2D eigenvalue weighted by atomic mass is 9.44. The number of esters is 4. The summed E-state index contributed by atoms with van der Waals surface area (Å²) in [5.41, 5.74) is -7.40. The Kier molecular flexibility index (Phi) is 11.8. The quantitative estimate of drug-likeness (QED) is 0.130. The SMILES string of the molecule is CC(=O)O[C@H]1C(=O)[C@@]2(C)[C@H]([C@H](OC(=O)c3ccccn3)[C@]3(O)C[C@H](OC(=O)[C@H](O)[C@@H](NC(=O)c4ccccc4)c4ccccc4)C(C)=C1C3(C)C)[C@]1(OC(C)=O)CO[C@@H]1C[C@@H]2O. The van der Waals surface area contributed by atoms with Crippen molar-refractivity contribution >= 4 is 35.6 Å². The first kappa shape index (κ1) is 44.3. The van der Waals surface area contributed by atoms with E-state index in [1.54, 1.807) is 80.6 Å². The van der Waals surface area contributed by atoms with Gasteiger partial charge >= 0.3 is 23.9 Å². The van der Waals surface area contributed by atoms with Crippen molar-refractivity contribution in [3.63, 3.8) is 0 Å². The van der Waals surface area contributed by atoms with Gasteiger partial charge in [-0.15, -0.1) is 0 Å². The van der Waals surface area contributed by atoms with Crippen molar-refractivity contribution in [2.45, 2.75) is 108 Å². The molecule has 2 bridgehead atoms. The number of rotatable bonds is 10. The second-order valence-corrected chi connectivity index (χ2v) is 17.2. The van der Waals surface area contributed by atoms with E-state index in [2.05, 4.69) is 10.3 Å². The van der Waals surface area contributed by atoms with Crippen molar-refractivity contribution in [1.29, 1.82) is 0 Å². The lowest BCUT2D eigenvalue weighted by Crippen LogP contribution is -2.82. The van der Waals surface area contributed by atoms with Crippen LogP contribution in [-0.4, -0.2) is 110 Å².